The van der Waals surface area contributed by atoms with Gasteiger partial charge >= 0.3 is 0 Å². The summed E-state index contributed by atoms with van der Waals surface area (Å²) in [6, 6.07) is 6.25. The van der Waals surface area contributed by atoms with Crippen LogP contribution in [0.3, 0.4) is 0 Å². The quantitative estimate of drug-likeness (QED) is 0.354. The molecule has 0 atom stereocenters. The maximum absolute atomic E-state index is 12.9. The van der Waals surface area contributed by atoms with Gasteiger partial charge in [0.2, 0.25) is 0 Å². The van der Waals surface area contributed by atoms with Crippen molar-refractivity contribution >= 4 is 46.3 Å². The number of carbonyl (C=O) groups is 1. The highest BCUT2D eigenvalue weighted by molar-refractivity contribution is 6.67. The molecule has 0 radical (unpaired) electrons. The van der Waals surface area contributed by atoms with E-state index in [9.17, 15) is 14.9 Å². The first-order valence-corrected chi connectivity index (χ1v) is 9.61. The summed E-state index contributed by atoms with van der Waals surface area (Å²) in [5.41, 5.74) is 3.59. The lowest BCUT2D eigenvalue weighted by Gasteiger charge is -2.30. The van der Waals surface area contributed by atoms with Crippen molar-refractivity contribution < 1.29 is 9.72 Å². The number of non-ortho nitro benzene ring substituents is 1. The third kappa shape index (κ3) is 4.00. The van der Waals surface area contributed by atoms with Gasteiger partial charge < -0.3 is 4.57 Å². The molecule has 5 nitrogen and oxygen atoms in total. The summed E-state index contributed by atoms with van der Waals surface area (Å²) in [4.78, 5) is 23.4. The van der Waals surface area contributed by atoms with E-state index >= 15 is 0 Å². The first-order chi connectivity index (χ1) is 12.4. The molecule has 2 aromatic rings. The zero-order chi connectivity index (χ0) is 20.1. The van der Waals surface area contributed by atoms with Crippen molar-refractivity contribution in [1.29, 1.82) is 0 Å². The number of benzene rings is 1. The average Bonchev–Trinajstić information content (AvgIpc) is 2.76. The Kier molecular flexibility index (Phi) is 5.08. The highest BCUT2D eigenvalue weighted by Gasteiger charge is 2.38. The molecule has 0 fully saturated rings. The third-order valence-corrected chi connectivity index (χ3v) is 5.29. The maximum atomic E-state index is 12.9. The van der Waals surface area contributed by atoms with Crippen LogP contribution in [0, 0.1) is 22.5 Å². The molecule has 3 rings (SSSR count). The van der Waals surface area contributed by atoms with Crippen LogP contribution in [0.2, 0.25) is 0 Å². The minimum absolute atomic E-state index is 0.00958. The van der Waals surface area contributed by atoms with Crippen LogP contribution in [0.5, 0.6) is 0 Å². The number of Topliss-reactive ketones (excluding diaryl/α,β-unsaturated/α-hetero) is 1. The van der Waals surface area contributed by atoms with Gasteiger partial charge in [-0.05, 0) is 36.5 Å². The standard InChI is InChI=1S/C19H19Cl3N2O3/c1-11-14(8-19(20,21)22)17-15(9-18(2,3)10-16(17)25)23(11)12-4-6-13(7-5-12)24(26)27/h4-7H,8-10H2,1-3H3. The average molecular weight is 430 g/mol. The fourth-order valence-electron chi connectivity index (χ4n) is 3.83. The zero-order valence-electron chi connectivity index (χ0n) is 15.2. The van der Waals surface area contributed by atoms with Crippen molar-refractivity contribution in [3.8, 4) is 5.69 Å². The topological polar surface area (TPSA) is 65.1 Å². The minimum atomic E-state index is -1.52. The molecule has 27 heavy (non-hydrogen) atoms. The first-order valence-electron chi connectivity index (χ1n) is 8.47. The molecule has 1 aliphatic carbocycles. The molecule has 1 aromatic carbocycles. The van der Waals surface area contributed by atoms with E-state index in [1.807, 2.05) is 25.3 Å². The number of nitro benzene ring substituents is 1. The molecule has 0 bridgehead atoms. The minimum Gasteiger partial charge on any atom is -0.317 e. The molecule has 0 saturated heterocycles. The van der Waals surface area contributed by atoms with E-state index in [0.717, 1.165) is 22.6 Å². The molecule has 0 amide bonds. The van der Waals surface area contributed by atoms with E-state index in [1.165, 1.54) is 12.1 Å². The molecular formula is C19H19Cl3N2O3. The SMILES string of the molecule is Cc1c(CC(Cl)(Cl)Cl)c2c(n1-c1ccc([N+](=O)[O-])cc1)CC(C)(C)CC2=O. The Balaban J connectivity index is 2.23. The molecule has 1 aromatic heterocycles. The molecule has 0 unspecified atom stereocenters. The van der Waals surface area contributed by atoms with E-state index in [2.05, 4.69) is 0 Å². The number of nitro groups is 1. The third-order valence-electron chi connectivity index (χ3n) is 4.89. The number of nitrogens with zero attached hydrogens (tertiary/aromatic N) is 2. The second-order valence-electron chi connectivity index (χ2n) is 7.73. The predicted octanol–water partition coefficient (Wildman–Crippen LogP) is 5.76. The summed E-state index contributed by atoms with van der Waals surface area (Å²) in [5, 5.41) is 10.9. The molecule has 0 N–H and O–H groups in total. The zero-order valence-corrected chi connectivity index (χ0v) is 17.5. The molecule has 0 saturated carbocycles. The van der Waals surface area contributed by atoms with Crippen LogP contribution < -0.4 is 0 Å². The van der Waals surface area contributed by atoms with Crippen LogP contribution in [-0.4, -0.2) is 19.1 Å². The van der Waals surface area contributed by atoms with Gasteiger partial charge in [0, 0.05) is 47.6 Å². The Labute approximate surface area is 172 Å². The summed E-state index contributed by atoms with van der Waals surface area (Å²) in [5.74, 6) is 0.0364. The van der Waals surface area contributed by atoms with Crippen LogP contribution in [0.25, 0.3) is 5.69 Å². The van der Waals surface area contributed by atoms with Gasteiger partial charge in [-0.3, -0.25) is 14.9 Å². The molecule has 0 aliphatic heterocycles. The largest absolute Gasteiger partial charge is 0.317 e. The molecule has 1 heterocycles. The summed E-state index contributed by atoms with van der Waals surface area (Å²) in [6.45, 7) is 5.97. The second kappa shape index (κ2) is 6.80. The van der Waals surface area contributed by atoms with E-state index in [4.69, 9.17) is 34.8 Å². The van der Waals surface area contributed by atoms with Crippen molar-refractivity contribution in [3.05, 3.63) is 56.9 Å². The van der Waals surface area contributed by atoms with E-state index in [0.29, 0.717) is 18.4 Å². The van der Waals surface area contributed by atoms with Crippen molar-refractivity contribution in [3.63, 3.8) is 0 Å². The number of ketones is 1. The maximum Gasteiger partial charge on any atom is 0.269 e. The van der Waals surface area contributed by atoms with Gasteiger partial charge in [-0.15, -0.1) is 0 Å². The summed E-state index contributed by atoms with van der Waals surface area (Å²) in [6.07, 6.45) is 1.24. The van der Waals surface area contributed by atoms with Crippen LogP contribution in [0.1, 0.15) is 47.6 Å². The van der Waals surface area contributed by atoms with Crippen LogP contribution in [0.15, 0.2) is 24.3 Å². The van der Waals surface area contributed by atoms with E-state index in [1.54, 1.807) is 12.1 Å². The van der Waals surface area contributed by atoms with Gasteiger partial charge in [0.25, 0.3) is 5.69 Å². The summed E-state index contributed by atoms with van der Waals surface area (Å²) >= 11 is 18.1. The Hall–Kier alpha value is -1.56. The van der Waals surface area contributed by atoms with Gasteiger partial charge in [0.15, 0.2) is 9.58 Å². The number of halogens is 3. The highest BCUT2D eigenvalue weighted by Crippen LogP contribution is 2.42. The summed E-state index contributed by atoms with van der Waals surface area (Å²) < 4.78 is 0.442. The number of carbonyl (C=O) groups excluding carboxylic acids is 1. The van der Waals surface area contributed by atoms with Crippen LogP contribution in [0.4, 0.5) is 5.69 Å². The summed E-state index contributed by atoms with van der Waals surface area (Å²) in [7, 11) is 0. The molecular weight excluding hydrogens is 411 g/mol. The molecule has 8 heteroatoms. The van der Waals surface area contributed by atoms with Crippen molar-refractivity contribution in [2.45, 2.75) is 43.8 Å². The lowest BCUT2D eigenvalue weighted by Crippen LogP contribution is -2.28. The fraction of sp³-hybridized carbons (Fsp3) is 0.421. The monoisotopic (exact) mass is 428 g/mol. The van der Waals surface area contributed by atoms with Gasteiger partial charge in [-0.25, -0.2) is 0 Å². The normalized spacial score (nSPS) is 16.3. The van der Waals surface area contributed by atoms with Crippen LogP contribution in [-0.2, 0) is 12.8 Å². The van der Waals surface area contributed by atoms with Crippen molar-refractivity contribution in [2.24, 2.45) is 5.41 Å². The van der Waals surface area contributed by atoms with Gasteiger partial charge in [-0.1, -0.05) is 48.7 Å². The van der Waals surface area contributed by atoms with Crippen molar-refractivity contribution in [2.75, 3.05) is 0 Å². The fourth-order valence-corrected chi connectivity index (χ4v) is 4.23. The molecule has 144 valence electrons. The number of alkyl halides is 3. The number of aromatic nitrogens is 1. The van der Waals surface area contributed by atoms with E-state index < -0.39 is 8.72 Å². The van der Waals surface area contributed by atoms with Gasteiger partial charge in [0.05, 0.1) is 4.92 Å². The molecule has 0 spiro atoms. The Morgan fingerprint density at radius 1 is 1.19 bits per heavy atom. The Morgan fingerprint density at radius 3 is 2.30 bits per heavy atom. The number of hydrogen-bond acceptors (Lipinski definition) is 3. The Morgan fingerprint density at radius 2 is 1.78 bits per heavy atom. The number of rotatable bonds is 3. The van der Waals surface area contributed by atoms with Gasteiger partial charge in [-0.2, -0.15) is 0 Å². The highest BCUT2D eigenvalue weighted by atomic mass is 35.6. The van der Waals surface area contributed by atoms with E-state index in [-0.39, 0.29) is 23.3 Å². The number of fused-ring (bicyclic) bond motifs is 1. The molecule has 1 aliphatic rings. The Bertz CT molecular complexity index is 925. The first kappa shape index (κ1) is 20.2. The van der Waals surface area contributed by atoms with Crippen molar-refractivity contribution in [1.82, 2.24) is 4.57 Å². The lowest BCUT2D eigenvalue weighted by molar-refractivity contribution is -0.384. The smallest absolute Gasteiger partial charge is 0.269 e. The van der Waals surface area contributed by atoms with Crippen LogP contribution >= 0.6 is 34.8 Å². The lowest BCUT2D eigenvalue weighted by atomic mass is 9.75. The number of hydrogen-bond donors (Lipinski definition) is 0. The predicted molar refractivity (Wildman–Crippen MR) is 108 cm³/mol. The second-order valence-corrected chi connectivity index (χ2v) is 10.2. The van der Waals surface area contributed by atoms with Gasteiger partial charge in [0.1, 0.15) is 0 Å².